The molecule has 1 aliphatic heterocycles. The van der Waals surface area contributed by atoms with Gasteiger partial charge in [-0.05, 0) is 18.9 Å². The summed E-state index contributed by atoms with van der Waals surface area (Å²) in [4.78, 5) is 0. The lowest BCUT2D eigenvalue weighted by atomic mass is 9.91. The molecule has 0 bridgehead atoms. The van der Waals surface area contributed by atoms with Crippen LogP contribution in [0.5, 0.6) is 0 Å². The Morgan fingerprint density at radius 3 is 2.70 bits per heavy atom. The maximum absolute atomic E-state index is 14.1. The van der Waals surface area contributed by atoms with E-state index in [9.17, 15) is 4.39 Å². The van der Waals surface area contributed by atoms with Crippen molar-refractivity contribution >= 4 is 5.82 Å². The van der Waals surface area contributed by atoms with E-state index in [0.717, 1.165) is 37.3 Å². The van der Waals surface area contributed by atoms with E-state index in [2.05, 4.69) is 5.10 Å². The molecule has 1 aliphatic rings. The zero-order valence-electron chi connectivity index (χ0n) is 11.5. The molecule has 3 rings (SSSR count). The Morgan fingerprint density at radius 1 is 1.30 bits per heavy atom. The van der Waals surface area contributed by atoms with Crippen molar-refractivity contribution in [3.05, 3.63) is 35.8 Å². The molecule has 1 saturated heterocycles. The van der Waals surface area contributed by atoms with Crippen LogP contribution in [0.2, 0.25) is 0 Å². The zero-order valence-corrected chi connectivity index (χ0v) is 11.5. The lowest BCUT2D eigenvalue weighted by Gasteiger charge is -2.21. The summed E-state index contributed by atoms with van der Waals surface area (Å²) >= 11 is 0. The van der Waals surface area contributed by atoms with Crippen LogP contribution >= 0.6 is 0 Å². The second-order valence-corrected chi connectivity index (χ2v) is 5.14. The van der Waals surface area contributed by atoms with Gasteiger partial charge < -0.3 is 10.5 Å². The molecule has 0 spiro atoms. The molecule has 4 nitrogen and oxygen atoms in total. The van der Waals surface area contributed by atoms with Gasteiger partial charge in [0.1, 0.15) is 11.6 Å². The third-order valence-corrected chi connectivity index (χ3v) is 3.87. The molecule has 0 saturated carbocycles. The summed E-state index contributed by atoms with van der Waals surface area (Å²) in [6, 6.07) is 6.71. The van der Waals surface area contributed by atoms with Crippen LogP contribution < -0.4 is 5.73 Å². The van der Waals surface area contributed by atoms with Gasteiger partial charge in [0.2, 0.25) is 0 Å². The van der Waals surface area contributed by atoms with Crippen molar-refractivity contribution in [3.63, 3.8) is 0 Å². The Bertz CT molecular complexity index is 618. The molecular weight excluding hydrogens is 257 g/mol. The van der Waals surface area contributed by atoms with Crippen LogP contribution in [-0.4, -0.2) is 23.0 Å². The first-order chi connectivity index (χ1) is 9.68. The molecule has 0 unspecified atom stereocenters. The van der Waals surface area contributed by atoms with E-state index >= 15 is 0 Å². The van der Waals surface area contributed by atoms with Crippen LogP contribution in [0.1, 0.15) is 24.5 Å². The van der Waals surface area contributed by atoms with Gasteiger partial charge in [0, 0.05) is 31.7 Å². The monoisotopic (exact) mass is 275 g/mol. The summed E-state index contributed by atoms with van der Waals surface area (Å²) in [5.74, 6) is 0.527. The van der Waals surface area contributed by atoms with E-state index < -0.39 is 0 Å². The van der Waals surface area contributed by atoms with Crippen molar-refractivity contribution in [1.82, 2.24) is 9.78 Å². The highest BCUT2D eigenvalue weighted by Gasteiger charge is 2.26. The second-order valence-electron chi connectivity index (χ2n) is 5.14. The molecule has 2 N–H and O–H groups in total. The Balaban J connectivity index is 2.12. The number of hydrogen-bond acceptors (Lipinski definition) is 3. The zero-order chi connectivity index (χ0) is 14.1. The van der Waals surface area contributed by atoms with Crippen molar-refractivity contribution in [2.24, 2.45) is 7.05 Å². The number of nitrogens with zero attached hydrogens (tertiary/aromatic N) is 2. The fourth-order valence-corrected chi connectivity index (χ4v) is 2.76. The van der Waals surface area contributed by atoms with E-state index in [0.29, 0.717) is 11.4 Å². The highest BCUT2D eigenvalue weighted by Crippen LogP contribution is 2.38. The normalized spacial score (nSPS) is 16.5. The average Bonchev–Trinajstić information content (AvgIpc) is 2.77. The molecule has 0 amide bonds. The second kappa shape index (κ2) is 5.25. The summed E-state index contributed by atoms with van der Waals surface area (Å²) in [6.45, 7) is 1.44. The van der Waals surface area contributed by atoms with Crippen LogP contribution in [0.25, 0.3) is 11.1 Å². The number of benzene rings is 1. The predicted molar refractivity (Wildman–Crippen MR) is 75.8 cm³/mol. The Hall–Kier alpha value is -1.88. The highest BCUT2D eigenvalue weighted by atomic mass is 19.1. The Kier molecular flexibility index (Phi) is 3.44. The molecule has 5 heteroatoms. The van der Waals surface area contributed by atoms with Crippen LogP contribution in [-0.2, 0) is 11.8 Å². The molecule has 0 radical (unpaired) electrons. The van der Waals surface area contributed by atoms with Gasteiger partial charge in [-0.2, -0.15) is 5.10 Å². The van der Waals surface area contributed by atoms with Crippen molar-refractivity contribution < 1.29 is 9.13 Å². The fraction of sp³-hybridized carbons (Fsp3) is 0.400. The smallest absolute Gasteiger partial charge is 0.131 e. The van der Waals surface area contributed by atoms with Crippen molar-refractivity contribution in [3.8, 4) is 11.1 Å². The van der Waals surface area contributed by atoms with Crippen LogP contribution in [0.3, 0.4) is 0 Å². The largest absolute Gasteiger partial charge is 0.383 e. The van der Waals surface area contributed by atoms with Gasteiger partial charge in [-0.1, -0.05) is 18.2 Å². The number of nitrogens with two attached hydrogens (primary N) is 1. The van der Waals surface area contributed by atoms with E-state index in [-0.39, 0.29) is 11.7 Å². The van der Waals surface area contributed by atoms with Gasteiger partial charge in [-0.25, -0.2) is 4.39 Å². The Labute approximate surface area is 117 Å². The van der Waals surface area contributed by atoms with Gasteiger partial charge in [0.25, 0.3) is 0 Å². The summed E-state index contributed by atoms with van der Waals surface area (Å²) in [5.41, 5.74) is 8.26. The summed E-state index contributed by atoms with van der Waals surface area (Å²) in [7, 11) is 1.79. The first-order valence-corrected chi connectivity index (χ1v) is 6.83. The molecule has 106 valence electrons. The first kappa shape index (κ1) is 13.1. The molecule has 1 aromatic heterocycles. The molecule has 2 heterocycles. The SMILES string of the molecule is Cn1nc(C2CCOCC2)c(-c2ccccc2F)c1N. The minimum Gasteiger partial charge on any atom is -0.383 e. The lowest BCUT2D eigenvalue weighted by molar-refractivity contribution is 0.0845. The molecular formula is C15H18FN3O. The minimum absolute atomic E-state index is 0.263. The maximum atomic E-state index is 14.1. The van der Waals surface area contributed by atoms with Gasteiger partial charge in [0.05, 0.1) is 11.3 Å². The quantitative estimate of drug-likeness (QED) is 0.916. The van der Waals surface area contributed by atoms with Crippen molar-refractivity contribution in [1.29, 1.82) is 0 Å². The van der Waals surface area contributed by atoms with Crippen molar-refractivity contribution in [2.75, 3.05) is 18.9 Å². The minimum atomic E-state index is -0.263. The summed E-state index contributed by atoms with van der Waals surface area (Å²) in [5, 5.41) is 4.52. The van der Waals surface area contributed by atoms with Crippen LogP contribution in [0.4, 0.5) is 10.2 Å². The predicted octanol–water partition coefficient (Wildman–Crippen LogP) is 2.70. The van der Waals surface area contributed by atoms with Crippen molar-refractivity contribution in [2.45, 2.75) is 18.8 Å². The molecule has 0 atom stereocenters. The van der Waals surface area contributed by atoms with E-state index in [1.54, 1.807) is 23.9 Å². The molecule has 20 heavy (non-hydrogen) atoms. The number of anilines is 1. The van der Waals surface area contributed by atoms with E-state index in [1.165, 1.54) is 6.07 Å². The summed E-state index contributed by atoms with van der Waals surface area (Å²) < 4.78 is 21.1. The number of hydrogen-bond donors (Lipinski definition) is 1. The van der Waals surface area contributed by atoms with E-state index in [1.807, 2.05) is 6.07 Å². The van der Waals surface area contributed by atoms with E-state index in [4.69, 9.17) is 10.5 Å². The lowest BCUT2D eigenvalue weighted by Crippen LogP contribution is -2.15. The first-order valence-electron chi connectivity index (χ1n) is 6.83. The summed E-state index contributed by atoms with van der Waals surface area (Å²) in [6.07, 6.45) is 1.80. The van der Waals surface area contributed by atoms with Gasteiger partial charge in [0.15, 0.2) is 0 Å². The third kappa shape index (κ3) is 2.18. The number of nitrogen functional groups attached to an aromatic ring is 1. The van der Waals surface area contributed by atoms with Crippen LogP contribution in [0, 0.1) is 5.82 Å². The molecule has 1 fully saturated rings. The average molecular weight is 275 g/mol. The number of halogens is 1. The third-order valence-electron chi connectivity index (χ3n) is 3.87. The van der Waals surface area contributed by atoms with Gasteiger partial charge in [-0.3, -0.25) is 4.68 Å². The van der Waals surface area contributed by atoms with Gasteiger partial charge >= 0.3 is 0 Å². The molecule has 0 aliphatic carbocycles. The number of aromatic nitrogens is 2. The highest BCUT2D eigenvalue weighted by molar-refractivity contribution is 5.77. The standard InChI is InChI=1S/C15H18FN3O/c1-19-15(17)13(11-4-2-3-5-12(11)16)14(18-19)10-6-8-20-9-7-10/h2-5,10H,6-9,17H2,1H3. The topological polar surface area (TPSA) is 53.1 Å². The molecule has 2 aromatic rings. The Morgan fingerprint density at radius 2 is 2.00 bits per heavy atom. The fourth-order valence-electron chi connectivity index (χ4n) is 2.76. The molecule has 1 aromatic carbocycles. The number of ether oxygens (including phenoxy) is 1. The maximum Gasteiger partial charge on any atom is 0.131 e. The van der Waals surface area contributed by atoms with Crippen LogP contribution in [0.15, 0.2) is 24.3 Å². The number of aryl methyl sites for hydroxylation is 1. The van der Waals surface area contributed by atoms with Gasteiger partial charge in [-0.15, -0.1) is 0 Å². The number of rotatable bonds is 2.